The Balaban J connectivity index is 2.74. The molecule has 4 nitrogen and oxygen atoms in total. The first-order chi connectivity index (χ1) is 9.20. The van der Waals surface area contributed by atoms with Crippen LogP contribution >= 0.6 is 11.6 Å². The number of primary amides is 1. The molecular weight excluding hydrogens is 276 g/mol. The normalized spacial score (nSPS) is 13.2. The molecule has 1 atom stereocenters. The fraction of sp³-hybridized carbons (Fsp3) is 0.333. The largest absolute Gasteiger partial charge is 0.368 e. The molecule has 0 aliphatic rings. The lowest BCUT2D eigenvalue weighted by Gasteiger charge is -2.28. The van der Waals surface area contributed by atoms with E-state index in [1.165, 1.54) is 6.08 Å². The van der Waals surface area contributed by atoms with E-state index in [1.807, 2.05) is 26.8 Å². The zero-order valence-electron chi connectivity index (χ0n) is 11.8. The Morgan fingerprint density at radius 2 is 2.00 bits per heavy atom. The van der Waals surface area contributed by atoms with Gasteiger partial charge >= 0.3 is 0 Å². The molecule has 0 fully saturated rings. The van der Waals surface area contributed by atoms with Crippen molar-refractivity contribution in [3.05, 3.63) is 40.9 Å². The van der Waals surface area contributed by atoms with E-state index in [4.69, 9.17) is 17.3 Å². The highest BCUT2D eigenvalue weighted by Gasteiger charge is 2.30. The predicted octanol–water partition coefficient (Wildman–Crippen LogP) is 2.37. The summed E-state index contributed by atoms with van der Waals surface area (Å²) in [6.45, 7) is 5.51. The molecule has 0 saturated heterocycles. The van der Waals surface area contributed by atoms with E-state index in [0.717, 1.165) is 5.56 Å². The Labute approximate surface area is 124 Å². The number of hydrogen-bond acceptors (Lipinski definition) is 2. The molecule has 0 bridgehead atoms. The molecular formula is C15H19ClN2O2. The number of rotatable bonds is 4. The second-order valence-corrected chi connectivity index (χ2v) is 6.03. The molecule has 5 heteroatoms. The monoisotopic (exact) mass is 294 g/mol. The van der Waals surface area contributed by atoms with Crippen molar-refractivity contribution in [3.63, 3.8) is 0 Å². The van der Waals surface area contributed by atoms with E-state index in [0.29, 0.717) is 5.02 Å². The first-order valence-electron chi connectivity index (χ1n) is 6.23. The maximum atomic E-state index is 11.8. The number of carbonyl (C=O) groups excluding carboxylic acids is 2. The van der Waals surface area contributed by atoms with Crippen LogP contribution in [0.1, 0.15) is 26.3 Å². The van der Waals surface area contributed by atoms with Crippen LogP contribution in [0, 0.1) is 5.41 Å². The molecule has 1 aromatic carbocycles. The third kappa shape index (κ3) is 5.05. The van der Waals surface area contributed by atoms with Gasteiger partial charge in [-0.25, -0.2) is 0 Å². The van der Waals surface area contributed by atoms with E-state index < -0.39 is 17.4 Å². The predicted molar refractivity (Wildman–Crippen MR) is 81.1 cm³/mol. The average molecular weight is 295 g/mol. The van der Waals surface area contributed by atoms with Crippen LogP contribution in [0.5, 0.6) is 0 Å². The molecule has 0 unspecified atom stereocenters. The number of nitrogens with one attached hydrogen (secondary N) is 1. The molecule has 0 aliphatic heterocycles. The summed E-state index contributed by atoms with van der Waals surface area (Å²) in [5.41, 5.74) is 5.67. The van der Waals surface area contributed by atoms with Gasteiger partial charge in [-0.15, -0.1) is 0 Å². The Hall–Kier alpha value is -1.81. The van der Waals surface area contributed by atoms with Gasteiger partial charge < -0.3 is 11.1 Å². The molecule has 3 N–H and O–H groups in total. The lowest BCUT2D eigenvalue weighted by molar-refractivity contribution is -0.127. The Bertz CT molecular complexity index is 533. The van der Waals surface area contributed by atoms with Crippen LogP contribution in [-0.2, 0) is 9.59 Å². The van der Waals surface area contributed by atoms with Gasteiger partial charge in [-0.3, -0.25) is 9.59 Å². The zero-order valence-corrected chi connectivity index (χ0v) is 12.6. The molecule has 2 amide bonds. The number of carbonyl (C=O) groups is 2. The standard InChI is InChI=1S/C15H19ClN2O2/c1-15(2,3)13(14(17)20)18-12(19)8-7-10-5-4-6-11(16)9-10/h4-9,13H,1-3H3,(H2,17,20)(H,18,19)/b8-7+/t13-/m0/s1. The number of amides is 2. The fourth-order valence-electron chi connectivity index (χ4n) is 1.69. The van der Waals surface area contributed by atoms with Crippen LogP contribution in [0.25, 0.3) is 6.08 Å². The van der Waals surface area contributed by atoms with Crippen LogP contribution in [-0.4, -0.2) is 17.9 Å². The molecule has 1 rings (SSSR count). The van der Waals surface area contributed by atoms with Gasteiger partial charge in [0.1, 0.15) is 6.04 Å². The number of benzene rings is 1. The maximum absolute atomic E-state index is 11.8. The molecule has 0 heterocycles. The molecule has 0 spiro atoms. The molecule has 20 heavy (non-hydrogen) atoms. The highest BCUT2D eigenvalue weighted by Crippen LogP contribution is 2.19. The summed E-state index contributed by atoms with van der Waals surface area (Å²) < 4.78 is 0. The Morgan fingerprint density at radius 3 is 2.50 bits per heavy atom. The van der Waals surface area contributed by atoms with Crippen LogP contribution < -0.4 is 11.1 Å². The fourth-order valence-corrected chi connectivity index (χ4v) is 1.89. The van der Waals surface area contributed by atoms with Crippen molar-refractivity contribution in [2.75, 3.05) is 0 Å². The van der Waals surface area contributed by atoms with Gasteiger partial charge in [0.15, 0.2) is 0 Å². The summed E-state index contributed by atoms with van der Waals surface area (Å²) in [4.78, 5) is 23.2. The van der Waals surface area contributed by atoms with Crippen molar-refractivity contribution >= 4 is 29.5 Å². The summed E-state index contributed by atoms with van der Waals surface area (Å²) in [7, 11) is 0. The molecule has 0 aromatic heterocycles. The smallest absolute Gasteiger partial charge is 0.244 e. The number of nitrogens with two attached hydrogens (primary N) is 1. The van der Waals surface area contributed by atoms with Crippen LogP contribution in [0.4, 0.5) is 0 Å². The van der Waals surface area contributed by atoms with E-state index in [9.17, 15) is 9.59 Å². The lowest BCUT2D eigenvalue weighted by Crippen LogP contribution is -2.51. The first kappa shape index (κ1) is 16.2. The van der Waals surface area contributed by atoms with Gasteiger partial charge in [-0.05, 0) is 29.2 Å². The SMILES string of the molecule is CC(C)(C)[C@@H](NC(=O)/C=C/c1cccc(Cl)c1)C(N)=O. The molecule has 0 radical (unpaired) electrons. The minimum atomic E-state index is -0.723. The van der Waals surface area contributed by atoms with Crippen molar-refractivity contribution in [1.82, 2.24) is 5.32 Å². The molecule has 108 valence electrons. The van der Waals surface area contributed by atoms with Gasteiger partial charge in [0.05, 0.1) is 0 Å². The number of hydrogen-bond donors (Lipinski definition) is 2. The minimum Gasteiger partial charge on any atom is -0.368 e. The van der Waals surface area contributed by atoms with Gasteiger partial charge in [-0.2, -0.15) is 0 Å². The summed E-state index contributed by atoms with van der Waals surface area (Å²) in [5, 5.41) is 3.20. The summed E-state index contributed by atoms with van der Waals surface area (Å²) in [6, 6.07) is 6.38. The number of halogens is 1. The minimum absolute atomic E-state index is 0.372. The third-order valence-electron chi connectivity index (χ3n) is 2.71. The van der Waals surface area contributed by atoms with Crippen LogP contribution in [0.15, 0.2) is 30.3 Å². The van der Waals surface area contributed by atoms with Gasteiger partial charge in [-0.1, -0.05) is 44.5 Å². The average Bonchev–Trinajstić information content (AvgIpc) is 2.31. The van der Waals surface area contributed by atoms with Crippen molar-refractivity contribution in [1.29, 1.82) is 0 Å². The van der Waals surface area contributed by atoms with Gasteiger partial charge in [0.25, 0.3) is 0 Å². The van der Waals surface area contributed by atoms with Crippen molar-refractivity contribution in [2.24, 2.45) is 11.1 Å². The Morgan fingerprint density at radius 1 is 1.35 bits per heavy atom. The molecule has 1 aromatic rings. The summed E-state index contributed by atoms with van der Waals surface area (Å²) >= 11 is 5.85. The highest BCUT2D eigenvalue weighted by atomic mass is 35.5. The second-order valence-electron chi connectivity index (χ2n) is 5.60. The topological polar surface area (TPSA) is 72.2 Å². The van der Waals surface area contributed by atoms with Gasteiger partial charge in [0.2, 0.25) is 11.8 Å². The zero-order chi connectivity index (χ0) is 15.3. The maximum Gasteiger partial charge on any atom is 0.244 e. The Kier molecular flexibility index (Phi) is 5.34. The molecule has 0 saturated carbocycles. The van der Waals surface area contributed by atoms with Crippen molar-refractivity contribution in [2.45, 2.75) is 26.8 Å². The van der Waals surface area contributed by atoms with E-state index >= 15 is 0 Å². The van der Waals surface area contributed by atoms with E-state index in [1.54, 1.807) is 24.3 Å². The van der Waals surface area contributed by atoms with Crippen molar-refractivity contribution in [3.8, 4) is 0 Å². The third-order valence-corrected chi connectivity index (χ3v) is 2.95. The van der Waals surface area contributed by atoms with Gasteiger partial charge in [0, 0.05) is 11.1 Å². The second kappa shape index (κ2) is 6.57. The lowest BCUT2D eigenvalue weighted by atomic mass is 9.86. The molecule has 0 aliphatic carbocycles. The quantitative estimate of drug-likeness (QED) is 0.837. The van der Waals surface area contributed by atoms with Crippen LogP contribution in [0.2, 0.25) is 5.02 Å². The highest BCUT2D eigenvalue weighted by molar-refractivity contribution is 6.30. The summed E-state index contributed by atoms with van der Waals surface area (Å²) in [5.74, 6) is -0.925. The van der Waals surface area contributed by atoms with E-state index in [-0.39, 0.29) is 5.91 Å². The summed E-state index contributed by atoms with van der Waals surface area (Å²) in [6.07, 6.45) is 2.98. The van der Waals surface area contributed by atoms with E-state index in [2.05, 4.69) is 5.32 Å². The van der Waals surface area contributed by atoms with Crippen LogP contribution in [0.3, 0.4) is 0 Å². The first-order valence-corrected chi connectivity index (χ1v) is 6.61. The van der Waals surface area contributed by atoms with Crippen molar-refractivity contribution < 1.29 is 9.59 Å².